The number of hydrogen-bond donors (Lipinski definition) is 1. The van der Waals surface area contributed by atoms with Crippen molar-refractivity contribution in [2.45, 2.75) is 0 Å². The van der Waals surface area contributed by atoms with Crippen molar-refractivity contribution in [2.75, 3.05) is 12.4 Å². The lowest BCUT2D eigenvalue weighted by Crippen LogP contribution is -2.16. The summed E-state index contributed by atoms with van der Waals surface area (Å²) in [5.41, 5.74) is 0.0231. The molecule has 1 heterocycles. The number of esters is 1. The molecule has 5 nitrogen and oxygen atoms in total. The third kappa shape index (κ3) is 3.38. The molecule has 108 valence electrons. The van der Waals surface area contributed by atoms with Gasteiger partial charge in [-0.3, -0.25) is 4.79 Å². The molecule has 0 aliphatic heterocycles. The molecule has 1 aromatic carbocycles. The van der Waals surface area contributed by atoms with E-state index in [2.05, 4.69) is 15.0 Å². The SMILES string of the molecule is COC(=O)c1ccc(F)cc1NC(=O)c1ccc(F)nc1. The molecule has 21 heavy (non-hydrogen) atoms. The van der Waals surface area contributed by atoms with E-state index in [4.69, 9.17) is 0 Å². The number of ether oxygens (including phenoxy) is 1. The van der Waals surface area contributed by atoms with E-state index in [9.17, 15) is 18.4 Å². The number of rotatable bonds is 3. The van der Waals surface area contributed by atoms with Gasteiger partial charge >= 0.3 is 5.97 Å². The van der Waals surface area contributed by atoms with Crippen molar-refractivity contribution in [1.29, 1.82) is 0 Å². The van der Waals surface area contributed by atoms with Gasteiger partial charge in [0.2, 0.25) is 5.95 Å². The maximum absolute atomic E-state index is 13.3. The average Bonchev–Trinajstić information content (AvgIpc) is 2.47. The highest BCUT2D eigenvalue weighted by Gasteiger charge is 2.16. The molecular formula is C14H10F2N2O3. The fraction of sp³-hybridized carbons (Fsp3) is 0.0714. The highest BCUT2D eigenvalue weighted by Crippen LogP contribution is 2.19. The number of nitrogens with one attached hydrogen (secondary N) is 1. The highest BCUT2D eigenvalue weighted by atomic mass is 19.1. The number of pyridine rings is 1. The second-order valence-electron chi connectivity index (χ2n) is 4.01. The van der Waals surface area contributed by atoms with Crippen LogP contribution in [0.1, 0.15) is 20.7 Å². The quantitative estimate of drug-likeness (QED) is 0.696. The summed E-state index contributed by atoms with van der Waals surface area (Å²) < 4.78 is 30.5. The van der Waals surface area contributed by atoms with Crippen LogP contribution in [0, 0.1) is 11.8 Å². The van der Waals surface area contributed by atoms with E-state index in [0.717, 1.165) is 24.4 Å². The Bertz CT molecular complexity index is 687. The van der Waals surface area contributed by atoms with Gasteiger partial charge in [0, 0.05) is 6.20 Å². The normalized spacial score (nSPS) is 10.0. The van der Waals surface area contributed by atoms with Gasteiger partial charge in [0.15, 0.2) is 0 Å². The number of methoxy groups -OCH3 is 1. The Balaban J connectivity index is 2.30. The van der Waals surface area contributed by atoms with Gasteiger partial charge in [0.25, 0.3) is 5.91 Å². The number of halogens is 2. The van der Waals surface area contributed by atoms with Crippen LogP contribution in [0.2, 0.25) is 0 Å². The van der Waals surface area contributed by atoms with E-state index in [1.807, 2.05) is 0 Å². The Labute approximate surface area is 118 Å². The number of hydrogen-bond acceptors (Lipinski definition) is 4. The minimum absolute atomic E-state index is 0.00215. The number of amides is 1. The van der Waals surface area contributed by atoms with Crippen LogP contribution in [0.25, 0.3) is 0 Å². The molecule has 0 saturated carbocycles. The number of carbonyl (C=O) groups excluding carboxylic acids is 2. The largest absolute Gasteiger partial charge is 0.465 e. The first-order valence-electron chi connectivity index (χ1n) is 5.82. The third-order valence-corrected chi connectivity index (χ3v) is 2.62. The molecule has 1 aromatic heterocycles. The van der Waals surface area contributed by atoms with Crippen LogP contribution in [0.4, 0.5) is 14.5 Å². The molecule has 0 atom stereocenters. The molecule has 0 radical (unpaired) electrons. The van der Waals surface area contributed by atoms with Crippen LogP contribution < -0.4 is 5.32 Å². The first kappa shape index (κ1) is 14.6. The van der Waals surface area contributed by atoms with E-state index in [1.54, 1.807) is 0 Å². The Morgan fingerprint density at radius 3 is 2.57 bits per heavy atom. The van der Waals surface area contributed by atoms with Crippen molar-refractivity contribution in [1.82, 2.24) is 4.98 Å². The van der Waals surface area contributed by atoms with Crippen molar-refractivity contribution >= 4 is 17.6 Å². The predicted octanol–water partition coefficient (Wildman–Crippen LogP) is 2.40. The number of carbonyl (C=O) groups is 2. The summed E-state index contributed by atoms with van der Waals surface area (Å²) >= 11 is 0. The van der Waals surface area contributed by atoms with E-state index >= 15 is 0 Å². The van der Waals surface area contributed by atoms with E-state index in [0.29, 0.717) is 0 Å². The lowest BCUT2D eigenvalue weighted by molar-refractivity contribution is 0.0602. The number of aromatic nitrogens is 1. The summed E-state index contributed by atoms with van der Waals surface area (Å²) in [7, 11) is 1.17. The Morgan fingerprint density at radius 1 is 1.19 bits per heavy atom. The number of benzene rings is 1. The predicted molar refractivity (Wildman–Crippen MR) is 69.9 cm³/mol. The van der Waals surface area contributed by atoms with Crippen LogP contribution >= 0.6 is 0 Å². The van der Waals surface area contributed by atoms with Crippen LogP contribution in [-0.4, -0.2) is 24.0 Å². The van der Waals surface area contributed by atoms with Gasteiger partial charge in [-0.05, 0) is 30.3 Å². The van der Waals surface area contributed by atoms with Crippen LogP contribution in [0.3, 0.4) is 0 Å². The van der Waals surface area contributed by atoms with Crippen LogP contribution in [-0.2, 0) is 4.74 Å². The fourth-order valence-electron chi connectivity index (χ4n) is 1.61. The molecule has 0 aliphatic rings. The smallest absolute Gasteiger partial charge is 0.339 e. The van der Waals surface area contributed by atoms with Crippen LogP contribution in [0.15, 0.2) is 36.5 Å². The highest BCUT2D eigenvalue weighted by molar-refractivity contribution is 6.07. The van der Waals surface area contributed by atoms with Gasteiger partial charge in [-0.15, -0.1) is 0 Å². The van der Waals surface area contributed by atoms with Gasteiger partial charge in [0.05, 0.1) is 23.9 Å². The topological polar surface area (TPSA) is 68.3 Å². The Morgan fingerprint density at radius 2 is 1.95 bits per heavy atom. The van der Waals surface area contributed by atoms with Gasteiger partial charge in [-0.25, -0.2) is 14.2 Å². The van der Waals surface area contributed by atoms with E-state index in [1.165, 1.54) is 19.2 Å². The van der Waals surface area contributed by atoms with E-state index < -0.39 is 23.6 Å². The van der Waals surface area contributed by atoms with Gasteiger partial charge < -0.3 is 10.1 Å². The molecule has 2 rings (SSSR count). The lowest BCUT2D eigenvalue weighted by Gasteiger charge is -2.09. The van der Waals surface area contributed by atoms with Gasteiger partial charge in [-0.1, -0.05) is 0 Å². The molecule has 0 unspecified atom stereocenters. The van der Waals surface area contributed by atoms with Crippen molar-refractivity contribution in [3.63, 3.8) is 0 Å². The maximum atomic E-state index is 13.3. The molecule has 0 bridgehead atoms. The summed E-state index contributed by atoms with van der Waals surface area (Å²) in [6.45, 7) is 0. The monoisotopic (exact) mass is 292 g/mol. The minimum Gasteiger partial charge on any atom is -0.465 e. The molecule has 0 aliphatic carbocycles. The fourth-order valence-corrected chi connectivity index (χ4v) is 1.61. The van der Waals surface area contributed by atoms with Crippen molar-refractivity contribution in [3.8, 4) is 0 Å². The first-order valence-corrected chi connectivity index (χ1v) is 5.82. The lowest BCUT2D eigenvalue weighted by atomic mass is 10.1. The summed E-state index contributed by atoms with van der Waals surface area (Å²) in [4.78, 5) is 26.8. The first-order chi connectivity index (χ1) is 10.0. The van der Waals surface area contributed by atoms with Crippen molar-refractivity contribution < 1.29 is 23.1 Å². The van der Waals surface area contributed by atoms with Crippen molar-refractivity contribution in [2.24, 2.45) is 0 Å². The molecule has 0 saturated heterocycles. The standard InChI is InChI=1S/C14H10F2N2O3/c1-21-14(20)10-4-3-9(15)6-11(10)18-13(19)8-2-5-12(16)17-7-8/h2-7H,1H3,(H,18,19). The molecule has 1 N–H and O–H groups in total. The average molecular weight is 292 g/mol. The zero-order chi connectivity index (χ0) is 15.4. The maximum Gasteiger partial charge on any atom is 0.339 e. The molecule has 2 aromatic rings. The van der Waals surface area contributed by atoms with E-state index in [-0.39, 0.29) is 16.8 Å². The minimum atomic E-state index is -0.729. The molecule has 0 fully saturated rings. The zero-order valence-electron chi connectivity index (χ0n) is 10.9. The number of nitrogens with zero attached hydrogens (tertiary/aromatic N) is 1. The second-order valence-corrected chi connectivity index (χ2v) is 4.01. The summed E-state index contributed by atoms with van der Waals surface area (Å²) in [5, 5.41) is 2.36. The Kier molecular flexibility index (Phi) is 4.22. The zero-order valence-corrected chi connectivity index (χ0v) is 10.9. The molecule has 7 heteroatoms. The summed E-state index contributed by atoms with van der Waals surface area (Å²) in [6, 6.07) is 5.48. The van der Waals surface area contributed by atoms with Crippen LogP contribution in [0.5, 0.6) is 0 Å². The van der Waals surface area contributed by atoms with Gasteiger partial charge in [0.1, 0.15) is 5.82 Å². The third-order valence-electron chi connectivity index (χ3n) is 2.62. The molecular weight excluding hydrogens is 282 g/mol. The Hall–Kier alpha value is -2.83. The molecule has 1 amide bonds. The summed E-state index contributed by atoms with van der Waals surface area (Å²) in [6.07, 6.45) is 1.03. The molecule has 0 spiro atoms. The van der Waals surface area contributed by atoms with Gasteiger partial charge in [-0.2, -0.15) is 4.39 Å². The van der Waals surface area contributed by atoms with Crippen molar-refractivity contribution in [3.05, 3.63) is 59.4 Å². The number of anilines is 1. The summed E-state index contributed by atoms with van der Waals surface area (Å²) in [5.74, 6) is -2.73. The second kappa shape index (κ2) is 6.08.